The average molecular weight is 574 g/mol. The zero-order chi connectivity index (χ0) is 29.9. The SMILES string of the molecule is Cc1ccc(F)c(NC(=O)Nc2ccc(-c3csc4c(C#CC(C)(C)NC(=O)OC(C)(C)C)cnc(N)c34)cc2)c1. The third-order valence-electron chi connectivity index (χ3n) is 5.77. The largest absolute Gasteiger partial charge is 0.444 e. The molecule has 0 aliphatic heterocycles. The van der Waals surface area contributed by atoms with Crippen LogP contribution in [0.1, 0.15) is 45.7 Å². The maximum absolute atomic E-state index is 14.0. The number of aryl methyl sites for hydroxylation is 1. The molecule has 10 heteroatoms. The number of rotatable bonds is 4. The number of hydrogen-bond acceptors (Lipinski definition) is 6. The second-order valence-corrected chi connectivity index (χ2v) is 11.9. The minimum atomic E-state index is -0.851. The van der Waals surface area contributed by atoms with Crippen molar-refractivity contribution in [1.29, 1.82) is 0 Å². The van der Waals surface area contributed by atoms with Crippen molar-refractivity contribution < 1.29 is 18.7 Å². The lowest BCUT2D eigenvalue weighted by molar-refractivity contribution is 0.0494. The molecule has 4 rings (SSSR count). The highest BCUT2D eigenvalue weighted by atomic mass is 32.1. The van der Waals surface area contributed by atoms with Gasteiger partial charge in [-0.05, 0) is 82.3 Å². The number of thiophene rings is 1. The lowest BCUT2D eigenvalue weighted by atomic mass is 10.0. The van der Waals surface area contributed by atoms with Crippen LogP contribution in [0.4, 0.5) is 31.2 Å². The van der Waals surface area contributed by atoms with Crippen LogP contribution in [0.5, 0.6) is 0 Å². The van der Waals surface area contributed by atoms with Gasteiger partial charge in [-0.25, -0.2) is 19.0 Å². The first-order valence-corrected chi connectivity index (χ1v) is 13.7. The fourth-order valence-corrected chi connectivity index (χ4v) is 4.99. The van der Waals surface area contributed by atoms with Crippen molar-refractivity contribution in [2.75, 3.05) is 16.4 Å². The Hall–Kier alpha value is -4.62. The maximum Gasteiger partial charge on any atom is 0.408 e. The van der Waals surface area contributed by atoms with E-state index in [0.29, 0.717) is 17.1 Å². The van der Waals surface area contributed by atoms with Gasteiger partial charge in [0.25, 0.3) is 0 Å². The minimum Gasteiger partial charge on any atom is -0.444 e. The highest BCUT2D eigenvalue weighted by Gasteiger charge is 2.23. The molecule has 0 atom stereocenters. The molecule has 0 aliphatic rings. The third kappa shape index (κ3) is 7.52. The molecular formula is C31H32FN5O3S. The predicted molar refractivity (Wildman–Crippen MR) is 164 cm³/mol. The summed E-state index contributed by atoms with van der Waals surface area (Å²) < 4.78 is 20.2. The van der Waals surface area contributed by atoms with Gasteiger partial charge in [0, 0.05) is 22.8 Å². The molecular weight excluding hydrogens is 541 g/mol. The summed E-state index contributed by atoms with van der Waals surface area (Å²) in [6.07, 6.45) is 1.07. The monoisotopic (exact) mass is 573 g/mol. The fraction of sp³-hybridized carbons (Fsp3) is 0.258. The topological polar surface area (TPSA) is 118 Å². The molecule has 0 saturated heterocycles. The molecule has 5 N–H and O–H groups in total. The molecule has 212 valence electrons. The molecule has 0 fully saturated rings. The lowest BCUT2D eigenvalue weighted by Gasteiger charge is -2.24. The first kappa shape index (κ1) is 29.4. The van der Waals surface area contributed by atoms with Gasteiger partial charge in [0.1, 0.15) is 17.2 Å². The second kappa shape index (κ2) is 11.5. The van der Waals surface area contributed by atoms with Crippen LogP contribution in [0.15, 0.2) is 54.0 Å². The van der Waals surface area contributed by atoms with Gasteiger partial charge in [-0.2, -0.15) is 0 Å². The summed E-state index contributed by atoms with van der Waals surface area (Å²) >= 11 is 1.49. The van der Waals surface area contributed by atoms with Crippen LogP contribution < -0.4 is 21.7 Å². The van der Waals surface area contributed by atoms with E-state index in [0.717, 1.165) is 26.8 Å². The Kier molecular flexibility index (Phi) is 8.22. The molecule has 0 radical (unpaired) electrons. The number of anilines is 3. The fourth-order valence-electron chi connectivity index (χ4n) is 3.94. The Bertz CT molecular complexity index is 1680. The number of ether oxygens (including phenoxy) is 1. The predicted octanol–water partition coefficient (Wildman–Crippen LogP) is 7.29. The molecule has 0 unspecified atom stereocenters. The molecule has 8 nitrogen and oxygen atoms in total. The zero-order valence-electron chi connectivity index (χ0n) is 23.7. The number of carbonyl (C=O) groups excluding carboxylic acids is 2. The van der Waals surface area contributed by atoms with E-state index in [1.807, 2.05) is 24.4 Å². The molecule has 4 aromatic rings. The summed E-state index contributed by atoms with van der Waals surface area (Å²) in [5.41, 5.74) is 8.73. The van der Waals surface area contributed by atoms with E-state index in [1.54, 1.807) is 65.1 Å². The Morgan fingerprint density at radius 3 is 2.44 bits per heavy atom. The summed E-state index contributed by atoms with van der Waals surface area (Å²) in [5, 5.41) is 10.8. The number of urea groups is 1. The smallest absolute Gasteiger partial charge is 0.408 e. The number of fused-ring (bicyclic) bond motifs is 1. The van der Waals surface area contributed by atoms with Gasteiger partial charge in [0.05, 0.1) is 21.5 Å². The number of nitrogen functional groups attached to an aromatic ring is 1. The molecule has 0 saturated carbocycles. The van der Waals surface area contributed by atoms with Gasteiger partial charge in [0.2, 0.25) is 0 Å². The maximum atomic E-state index is 14.0. The summed E-state index contributed by atoms with van der Waals surface area (Å²) in [7, 11) is 0. The Morgan fingerprint density at radius 1 is 1.05 bits per heavy atom. The molecule has 2 aromatic carbocycles. The van der Waals surface area contributed by atoms with Gasteiger partial charge in [0.15, 0.2) is 0 Å². The van der Waals surface area contributed by atoms with Crippen LogP contribution in [0, 0.1) is 24.6 Å². The average Bonchev–Trinajstić information content (AvgIpc) is 3.31. The molecule has 3 amide bonds. The van der Waals surface area contributed by atoms with E-state index in [-0.39, 0.29) is 5.69 Å². The zero-order valence-corrected chi connectivity index (χ0v) is 24.5. The van der Waals surface area contributed by atoms with Crippen molar-refractivity contribution in [1.82, 2.24) is 10.3 Å². The molecule has 41 heavy (non-hydrogen) atoms. The van der Waals surface area contributed by atoms with Gasteiger partial charge in [-0.1, -0.05) is 30.0 Å². The molecule has 0 aliphatic carbocycles. The van der Waals surface area contributed by atoms with Gasteiger partial charge in [-0.15, -0.1) is 11.3 Å². The van der Waals surface area contributed by atoms with Crippen molar-refractivity contribution in [2.45, 2.75) is 52.7 Å². The number of nitrogens with one attached hydrogen (secondary N) is 3. The molecule has 2 aromatic heterocycles. The van der Waals surface area contributed by atoms with Crippen LogP contribution in [-0.2, 0) is 4.74 Å². The Labute approximate surface area is 242 Å². The number of alkyl carbamates (subject to hydrolysis) is 1. The van der Waals surface area contributed by atoms with Crippen molar-refractivity contribution in [3.05, 3.63) is 71.0 Å². The normalized spacial score (nSPS) is 11.4. The van der Waals surface area contributed by atoms with Gasteiger partial charge >= 0.3 is 12.1 Å². The van der Waals surface area contributed by atoms with Crippen LogP contribution in [-0.4, -0.2) is 28.2 Å². The number of halogens is 1. The van der Waals surface area contributed by atoms with E-state index in [9.17, 15) is 14.0 Å². The van der Waals surface area contributed by atoms with Crippen molar-refractivity contribution in [3.63, 3.8) is 0 Å². The van der Waals surface area contributed by atoms with Crippen LogP contribution in [0.2, 0.25) is 0 Å². The van der Waals surface area contributed by atoms with Crippen molar-refractivity contribution in [3.8, 4) is 23.0 Å². The van der Waals surface area contributed by atoms with E-state index in [1.165, 1.54) is 17.4 Å². The molecule has 2 heterocycles. The first-order valence-electron chi connectivity index (χ1n) is 12.9. The standard InChI is InChI=1S/C31H32FN5O3S/c1-18-7-12-23(32)24(15-18)36-28(38)35-21-10-8-19(9-11-21)22-17-41-26-20(16-34-27(33)25(22)26)13-14-31(5,6)37-29(39)40-30(2,3)4/h7-12,15-17H,1-6H3,(H2,33,34)(H,37,39)(H2,35,36,38). The van der Waals surface area contributed by atoms with E-state index < -0.39 is 29.1 Å². The highest BCUT2D eigenvalue weighted by molar-refractivity contribution is 7.18. The van der Waals surface area contributed by atoms with Crippen LogP contribution in [0.25, 0.3) is 21.2 Å². The van der Waals surface area contributed by atoms with E-state index in [4.69, 9.17) is 10.5 Å². The van der Waals surface area contributed by atoms with Crippen LogP contribution >= 0.6 is 11.3 Å². The number of nitrogens with zero attached hydrogens (tertiary/aromatic N) is 1. The second-order valence-electron chi connectivity index (χ2n) is 11.1. The minimum absolute atomic E-state index is 0.106. The molecule has 0 bridgehead atoms. The number of carbonyl (C=O) groups is 2. The summed E-state index contributed by atoms with van der Waals surface area (Å²) in [6.45, 7) is 10.8. The summed E-state index contributed by atoms with van der Waals surface area (Å²) in [4.78, 5) is 29.0. The van der Waals surface area contributed by atoms with Gasteiger partial charge in [-0.3, -0.25) is 0 Å². The number of nitrogens with two attached hydrogens (primary N) is 1. The quantitative estimate of drug-likeness (QED) is 0.191. The van der Waals surface area contributed by atoms with Crippen molar-refractivity contribution >= 4 is 50.7 Å². The number of hydrogen-bond donors (Lipinski definition) is 4. The highest BCUT2D eigenvalue weighted by Crippen LogP contribution is 2.38. The summed E-state index contributed by atoms with van der Waals surface area (Å²) in [5.74, 6) is 6.09. The Balaban J connectivity index is 1.53. The number of aromatic nitrogens is 1. The summed E-state index contributed by atoms with van der Waals surface area (Å²) in [6, 6.07) is 11.2. The number of benzene rings is 2. The Morgan fingerprint density at radius 2 is 1.76 bits per heavy atom. The van der Waals surface area contributed by atoms with E-state index >= 15 is 0 Å². The van der Waals surface area contributed by atoms with Crippen LogP contribution in [0.3, 0.4) is 0 Å². The lowest BCUT2D eigenvalue weighted by Crippen LogP contribution is -2.44. The number of amides is 3. The number of pyridine rings is 1. The van der Waals surface area contributed by atoms with E-state index in [2.05, 4.69) is 32.8 Å². The van der Waals surface area contributed by atoms with Gasteiger partial charge < -0.3 is 26.4 Å². The first-order chi connectivity index (χ1) is 19.2. The molecule has 0 spiro atoms. The third-order valence-corrected chi connectivity index (χ3v) is 6.78. The van der Waals surface area contributed by atoms with Crippen molar-refractivity contribution in [2.24, 2.45) is 0 Å².